The first-order valence-corrected chi connectivity index (χ1v) is 25.6. The Morgan fingerprint density at radius 2 is 0.780 bits per heavy atom. The summed E-state index contributed by atoms with van der Waals surface area (Å²) in [4.78, 5) is 44.4. The van der Waals surface area contributed by atoms with Gasteiger partial charge in [0, 0.05) is 44.5 Å². The first kappa shape index (κ1) is 50.3. The molecule has 0 radical (unpaired) electrons. The van der Waals surface area contributed by atoms with Crippen molar-refractivity contribution >= 4 is 29.5 Å². The Hall–Kier alpha value is -1.36. The van der Waals surface area contributed by atoms with E-state index in [0.29, 0.717) is 23.0 Å². The van der Waals surface area contributed by atoms with Gasteiger partial charge in [-0.2, -0.15) is 11.8 Å². The number of hydrogen-bond acceptors (Lipinski definition) is 7. The summed E-state index contributed by atoms with van der Waals surface area (Å²) in [6, 6.07) is 0.0838. The van der Waals surface area contributed by atoms with Crippen molar-refractivity contribution in [3.05, 3.63) is 0 Å². The lowest BCUT2D eigenvalue weighted by Gasteiger charge is -2.34. The van der Waals surface area contributed by atoms with Crippen molar-refractivity contribution in [1.29, 1.82) is 0 Å². The van der Waals surface area contributed by atoms with Crippen molar-refractivity contribution in [3.8, 4) is 0 Å². The number of carbonyl (C=O) groups excluding carboxylic acids is 3. The second-order valence-corrected chi connectivity index (χ2v) is 23.4. The molecule has 6 rings (SSSR count). The molecular formula is C49H92N6O3S. The number of nitrogens with zero attached hydrogens (tertiary/aromatic N) is 3. The molecule has 0 aromatic rings. The molecule has 0 aromatic carbocycles. The van der Waals surface area contributed by atoms with Gasteiger partial charge in [0.15, 0.2) is 0 Å². The molecule has 2 aliphatic carbocycles. The van der Waals surface area contributed by atoms with Crippen molar-refractivity contribution in [1.82, 2.24) is 30.7 Å². The first-order valence-electron chi connectivity index (χ1n) is 24.5. The minimum Gasteiger partial charge on any atom is -0.341 e. The second-order valence-electron chi connectivity index (χ2n) is 22.0. The van der Waals surface area contributed by atoms with Gasteiger partial charge in [0.1, 0.15) is 0 Å². The van der Waals surface area contributed by atoms with Crippen molar-refractivity contribution in [2.75, 3.05) is 66.2 Å². The van der Waals surface area contributed by atoms with Gasteiger partial charge in [-0.3, -0.25) is 14.4 Å². The maximum Gasteiger partial charge on any atom is 0.239 e. The van der Waals surface area contributed by atoms with Gasteiger partial charge < -0.3 is 30.7 Å². The molecule has 4 unspecified atom stereocenters. The number of likely N-dealkylation sites (N-methyl/N-ethyl adjacent to an activating group) is 3. The molecule has 4 atom stereocenters. The van der Waals surface area contributed by atoms with Crippen molar-refractivity contribution in [2.24, 2.45) is 28.1 Å². The van der Waals surface area contributed by atoms with E-state index in [9.17, 15) is 14.4 Å². The van der Waals surface area contributed by atoms with Gasteiger partial charge in [-0.05, 0) is 132 Å². The highest BCUT2D eigenvalue weighted by Crippen LogP contribution is 2.34. The van der Waals surface area contributed by atoms with Crippen LogP contribution in [0.2, 0.25) is 0 Å². The van der Waals surface area contributed by atoms with Crippen LogP contribution < -0.4 is 16.0 Å². The molecule has 0 aromatic heterocycles. The highest BCUT2D eigenvalue weighted by molar-refractivity contribution is 7.99. The van der Waals surface area contributed by atoms with Crippen LogP contribution >= 0.6 is 11.8 Å². The third-order valence-electron chi connectivity index (χ3n) is 14.7. The Morgan fingerprint density at radius 1 is 0.458 bits per heavy atom. The fourth-order valence-corrected chi connectivity index (χ4v) is 12.2. The van der Waals surface area contributed by atoms with Crippen LogP contribution in [0.15, 0.2) is 0 Å². The lowest BCUT2D eigenvalue weighted by atomic mass is 9.86. The fourth-order valence-electron chi connectivity index (χ4n) is 10.8. The number of amides is 3. The predicted molar refractivity (Wildman–Crippen MR) is 250 cm³/mol. The molecule has 3 amide bonds. The molecule has 0 bridgehead atoms. The standard InChI is InChI=1S/C17H32N2O.C16H30N2OS.C16H30N2O/c1-17(2)11-10-15(18-3)16(20)19(13-17)12-14-8-6-4-5-7-9-14;1-16(2)9-8-14(17-3)15(19)18(12-16)11-13-7-5-4-6-10-20-13;1-16(2)10-9-14(17-3)15(19)18(12-16)11-13-7-5-4-6-8-13/h14-15,18H,4-13H2,1-3H3;13-14,17H,4-12H2,1-3H3;13-14,17H,4-12H2,1-3H3. The van der Waals surface area contributed by atoms with Gasteiger partial charge in [0.25, 0.3) is 0 Å². The van der Waals surface area contributed by atoms with E-state index in [4.69, 9.17) is 0 Å². The van der Waals surface area contributed by atoms with Crippen LogP contribution in [0.4, 0.5) is 0 Å². The molecule has 6 aliphatic rings. The molecule has 2 saturated carbocycles. The molecule has 0 spiro atoms. The van der Waals surface area contributed by atoms with Gasteiger partial charge >= 0.3 is 0 Å². The number of nitrogens with one attached hydrogen (secondary N) is 3. The van der Waals surface area contributed by atoms with Crippen LogP contribution in [0.25, 0.3) is 0 Å². The summed E-state index contributed by atoms with van der Waals surface area (Å²) < 4.78 is 0. The largest absolute Gasteiger partial charge is 0.341 e. The quantitative estimate of drug-likeness (QED) is 0.200. The molecular weight excluding hydrogens is 753 g/mol. The van der Waals surface area contributed by atoms with Crippen LogP contribution in [-0.2, 0) is 14.4 Å². The van der Waals surface area contributed by atoms with Gasteiger partial charge in [0.2, 0.25) is 17.7 Å². The first-order chi connectivity index (χ1) is 28.0. The summed E-state index contributed by atoms with van der Waals surface area (Å²) in [6.45, 7) is 19.5. The van der Waals surface area contributed by atoms with Crippen LogP contribution in [0.3, 0.4) is 0 Å². The Labute approximate surface area is 367 Å². The topological polar surface area (TPSA) is 97.0 Å². The van der Waals surface area contributed by atoms with E-state index in [1.807, 2.05) is 21.1 Å². The van der Waals surface area contributed by atoms with E-state index in [1.165, 1.54) is 102 Å². The summed E-state index contributed by atoms with van der Waals surface area (Å²) in [6.07, 6.45) is 26.4. The average Bonchev–Trinajstić information content (AvgIpc) is 3.72. The molecule has 4 heterocycles. The lowest BCUT2D eigenvalue weighted by molar-refractivity contribution is -0.135. The predicted octanol–water partition coefficient (Wildman–Crippen LogP) is 8.90. The normalized spacial score (nSPS) is 30.1. The minimum atomic E-state index is 0.0209. The zero-order valence-electron chi connectivity index (χ0n) is 39.7. The summed E-state index contributed by atoms with van der Waals surface area (Å²) in [7, 11) is 5.75. The van der Waals surface area contributed by atoms with Crippen LogP contribution in [0.5, 0.6) is 0 Å². The second kappa shape index (κ2) is 24.5. The monoisotopic (exact) mass is 845 g/mol. The van der Waals surface area contributed by atoms with Crippen LogP contribution in [-0.4, -0.2) is 122 Å². The summed E-state index contributed by atoms with van der Waals surface area (Å²) in [5.41, 5.74) is 0.762. The molecule has 9 nitrogen and oxygen atoms in total. The van der Waals surface area contributed by atoms with Crippen LogP contribution in [0.1, 0.15) is 176 Å². The number of hydrogen-bond donors (Lipinski definition) is 3. The van der Waals surface area contributed by atoms with Crippen molar-refractivity contribution in [2.45, 2.75) is 200 Å². The molecule has 10 heteroatoms. The fraction of sp³-hybridized carbons (Fsp3) is 0.939. The molecule has 3 N–H and O–H groups in total. The smallest absolute Gasteiger partial charge is 0.239 e. The maximum atomic E-state index is 12.7. The molecule has 4 saturated heterocycles. The lowest BCUT2D eigenvalue weighted by Crippen LogP contribution is -2.47. The van der Waals surface area contributed by atoms with E-state index >= 15 is 0 Å². The molecule has 4 aliphatic heterocycles. The Bertz CT molecular complexity index is 1190. The summed E-state index contributed by atoms with van der Waals surface area (Å²) in [5, 5.41) is 10.3. The van der Waals surface area contributed by atoms with Gasteiger partial charge in [0.05, 0.1) is 18.1 Å². The van der Waals surface area contributed by atoms with Crippen LogP contribution in [0, 0.1) is 28.1 Å². The SMILES string of the molecule is CNC1CCC(C)(C)CN(CC2CCCCC2)C1=O.CNC1CCC(C)(C)CN(CC2CCCCCC2)C1=O.CNC1CCC(C)(C)CN(CC2CCCCCS2)C1=O. The number of carbonyl (C=O) groups is 3. The number of thioether (sulfide) groups is 1. The van der Waals surface area contributed by atoms with E-state index < -0.39 is 0 Å². The molecule has 6 fully saturated rings. The maximum absolute atomic E-state index is 12.7. The summed E-state index contributed by atoms with van der Waals surface area (Å²) in [5.74, 6) is 3.73. The zero-order valence-corrected chi connectivity index (χ0v) is 40.6. The zero-order chi connectivity index (χ0) is 43.1. The van der Waals surface area contributed by atoms with E-state index in [0.717, 1.165) is 89.6 Å². The highest BCUT2D eigenvalue weighted by atomic mass is 32.2. The third kappa shape index (κ3) is 17.0. The Balaban J connectivity index is 0.000000196. The van der Waals surface area contributed by atoms with Gasteiger partial charge in [-0.15, -0.1) is 0 Å². The van der Waals surface area contributed by atoms with Crippen molar-refractivity contribution < 1.29 is 14.4 Å². The molecule has 59 heavy (non-hydrogen) atoms. The van der Waals surface area contributed by atoms with E-state index in [2.05, 4.69) is 84.0 Å². The third-order valence-corrected chi connectivity index (χ3v) is 16.0. The van der Waals surface area contributed by atoms with Gasteiger partial charge in [-0.25, -0.2) is 0 Å². The number of rotatable bonds is 9. The minimum absolute atomic E-state index is 0.0209. The Morgan fingerprint density at radius 3 is 1.15 bits per heavy atom. The summed E-state index contributed by atoms with van der Waals surface area (Å²) >= 11 is 2.08. The van der Waals surface area contributed by atoms with Gasteiger partial charge in [-0.1, -0.05) is 99.3 Å². The number of likely N-dealkylation sites (tertiary alicyclic amines) is 3. The van der Waals surface area contributed by atoms with E-state index in [1.54, 1.807) is 0 Å². The Kier molecular flexibility index (Phi) is 20.9. The average molecular weight is 845 g/mol. The molecule has 342 valence electrons. The van der Waals surface area contributed by atoms with E-state index in [-0.39, 0.29) is 34.4 Å². The highest BCUT2D eigenvalue weighted by Gasteiger charge is 2.37. The van der Waals surface area contributed by atoms with Crippen molar-refractivity contribution in [3.63, 3.8) is 0 Å².